The van der Waals surface area contributed by atoms with E-state index >= 15 is 0 Å². The maximum atomic E-state index is 5.72. The number of hydrogen-bond donors (Lipinski definition) is 0. The van der Waals surface area contributed by atoms with Gasteiger partial charge in [0.2, 0.25) is 5.89 Å². The number of nitrogens with zero attached hydrogens (tertiary/aromatic N) is 2. The lowest BCUT2D eigenvalue weighted by molar-refractivity contribution is 0.391. The molecule has 0 N–H and O–H groups in total. The predicted octanol–water partition coefficient (Wildman–Crippen LogP) is 4.03. The van der Waals surface area contributed by atoms with Crippen LogP contribution in [0.4, 0.5) is 0 Å². The fourth-order valence-electron chi connectivity index (χ4n) is 1.25. The van der Waals surface area contributed by atoms with Gasteiger partial charge in [-0.25, -0.2) is 9.97 Å². The van der Waals surface area contributed by atoms with Crippen molar-refractivity contribution in [2.24, 2.45) is 0 Å². The summed E-state index contributed by atoms with van der Waals surface area (Å²) < 4.78 is 6.79. The zero-order valence-corrected chi connectivity index (χ0v) is 12.1. The zero-order valence-electron chi connectivity index (χ0n) is 10.5. The Hall–Kier alpha value is -0.810. The lowest BCUT2D eigenvalue weighted by Crippen LogP contribution is -2.09. The molecule has 0 aromatic carbocycles. The number of thiazole rings is 1. The van der Waals surface area contributed by atoms with Crippen LogP contribution in [0.5, 0.6) is 0 Å². The standard InChI is InChI=1S/C12H16N2OS2/c1-8-6-16-11(14-8)17-7-10-13-5-9(15-10)12(2,3)4/h5-6H,7H2,1-4H3. The van der Waals surface area contributed by atoms with Gasteiger partial charge in [0.25, 0.3) is 0 Å². The fraction of sp³-hybridized carbons (Fsp3) is 0.500. The maximum absolute atomic E-state index is 5.72. The van der Waals surface area contributed by atoms with Crippen LogP contribution in [-0.4, -0.2) is 9.97 Å². The van der Waals surface area contributed by atoms with E-state index in [1.165, 1.54) is 0 Å². The van der Waals surface area contributed by atoms with Gasteiger partial charge < -0.3 is 4.42 Å². The largest absolute Gasteiger partial charge is 0.444 e. The molecule has 5 heteroatoms. The number of oxazole rings is 1. The van der Waals surface area contributed by atoms with Crippen LogP contribution < -0.4 is 0 Å². The van der Waals surface area contributed by atoms with Crippen molar-refractivity contribution in [3.05, 3.63) is 28.9 Å². The van der Waals surface area contributed by atoms with Crippen LogP contribution in [0.3, 0.4) is 0 Å². The lowest BCUT2D eigenvalue weighted by Gasteiger charge is -2.12. The van der Waals surface area contributed by atoms with Crippen LogP contribution in [0, 0.1) is 6.92 Å². The number of aryl methyl sites for hydroxylation is 1. The summed E-state index contributed by atoms with van der Waals surface area (Å²) in [6, 6.07) is 0. The molecule has 0 atom stereocenters. The van der Waals surface area contributed by atoms with Gasteiger partial charge in [-0.2, -0.15) is 0 Å². The first-order chi connectivity index (χ1) is 7.95. The van der Waals surface area contributed by atoms with Gasteiger partial charge in [0.05, 0.1) is 11.9 Å². The van der Waals surface area contributed by atoms with E-state index in [2.05, 4.69) is 36.1 Å². The Morgan fingerprint density at radius 1 is 1.41 bits per heavy atom. The molecule has 0 radical (unpaired) electrons. The topological polar surface area (TPSA) is 38.9 Å². The molecule has 3 nitrogen and oxygen atoms in total. The molecule has 0 unspecified atom stereocenters. The van der Waals surface area contributed by atoms with Gasteiger partial charge in [-0.05, 0) is 6.92 Å². The van der Waals surface area contributed by atoms with Crippen LogP contribution in [0.2, 0.25) is 0 Å². The summed E-state index contributed by atoms with van der Waals surface area (Å²) in [4.78, 5) is 8.69. The van der Waals surface area contributed by atoms with Gasteiger partial charge in [0, 0.05) is 16.5 Å². The van der Waals surface area contributed by atoms with Gasteiger partial charge in [0.1, 0.15) is 5.76 Å². The molecule has 17 heavy (non-hydrogen) atoms. The molecule has 0 saturated heterocycles. The first-order valence-corrected chi connectivity index (χ1v) is 7.32. The Kier molecular flexibility index (Phi) is 3.58. The van der Waals surface area contributed by atoms with Gasteiger partial charge >= 0.3 is 0 Å². The maximum Gasteiger partial charge on any atom is 0.204 e. The fourth-order valence-corrected chi connectivity index (χ4v) is 2.95. The normalized spacial score (nSPS) is 12.0. The molecule has 2 rings (SSSR count). The first kappa shape index (κ1) is 12.6. The van der Waals surface area contributed by atoms with Crippen molar-refractivity contribution in [3.8, 4) is 0 Å². The second kappa shape index (κ2) is 4.82. The third kappa shape index (κ3) is 3.33. The molecule has 0 aliphatic heterocycles. The molecule has 0 saturated carbocycles. The Morgan fingerprint density at radius 3 is 2.71 bits per heavy atom. The van der Waals surface area contributed by atoms with E-state index in [0.717, 1.165) is 27.4 Å². The summed E-state index contributed by atoms with van der Waals surface area (Å²) in [5, 5.41) is 2.05. The molecule has 0 fully saturated rings. The van der Waals surface area contributed by atoms with E-state index in [9.17, 15) is 0 Å². The first-order valence-electron chi connectivity index (χ1n) is 5.45. The summed E-state index contributed by atoms with van der Waals surface area (Å²) >= 11 is 3.33. The summed E-state index contributed by atoms with van der Waals surface area (Å²) in [7, 11) is 0. The average molecular weight is 268 g/mol. The van der Waals surface area contributed by atoms with E-state index in [0.29, 0.717) is 0 Å². The van der Waals surface area contributed by atoms with Gasteiger partial charge in [0.15, 0.2) is 4.34 Å². The van der Waals surface area contributed by atoms with Crippen molar-refractivity contribution in [2.75, 3.05) is 0 Å². The lowest BCUT2D eigenvalue weighted by atomic mass is 9.94. The van der Waals surface area contributed by atoms with Crippen molar-refractivity contribution < 1.29 is 4.42 Å². The zero-order chi connectivity index (χ0) is 12.5. The molecule has 92 valence electrons. The highest BCUT2D eigenvalue weighted by molar-refractivity contribution is 8.00. The Balaban J connectivity index is 1.98. The van der Waals surface area contributed by atoms with Crippen molar-refractivity contribution in [3.63, 3.8) is 0 Å². The molecule has 2 heterocycles. The molecule has 0 spiro atoms. The van der Waals surface area contributed by atoms with Crippen molar-refractivity contribution in [2.45, 2.75) is 43.2 Å². The van der Waals surface area contributed by atoms with E-state index in [-0.39, 0.29) is 5.41 Å². The minimum Gasteiger partial charge on any atom is -0.444 e. The molecular formula is C12H16N2OS2. The van der Waals surface area contributed by atoms with Crippen LogP contribution in [0.15, 0.2) is 20.3 Å². The Morgan fingerprint density at radius 2 is 2.18 bits per heavy atom. The van der Waals surface area contributed by atoms with Crippen molar-refractivity contribution in [1.29, 1.82) is 0 Å². The average Bonchev–Trinajstić information content (AvgIpc) is 2.82. The van der Waals surface area contributed by atoms with E-state index in [1.54, 1.807) is 23.1 Å². The summed E-state index contributed by atoms with van der Waals surface area (Å²) in [5.41, 5.74) is 1.09. The van der Waals surface area contributed by atoms with Crippen LogP contribution >= 0.6 is 23.1 Å². The Labute approximate surface area is 110 Å². The molecule has 2 aromatic rings. The SMILES string of the molecule is Cc1csc(SCc2ncc(C(C)(C)C)o2)n1. The molecule has 0 amide bonds. The highest BCUT2D eigenvalue weighted by Gasteiger charge is 2.19. The van der Waals surface area contributed by atoms with Gasteiger partial charge in [-0.15, -0.1) is 11.3 Å². The number of hydrogen-bond acceptors (Lipinski definition) is 5. The monoisotopic (exact) mass is 268 g/mol. The third-order valence-corrected chi connectivity index (χ3v) is 4.33. The molecule has 2 aromatic heterocycles. The van der Waals surface area contributed by atoms with E-state index in [4.69, 9.17) is 4.42 Å². The van der Waals surface area contributed by atoms with Crippen LogP contribution in [0.1, 0.15) is 38.1 Å². The molecular weight excluding hydrogens is 252 g/mol. The summed E-state index contributed by atoms with van der Waals surface area (Å²) in [5.74, 6) is 2.44. The number of rotatable bonds is 3. The number of thioether (sulfide) groups is 1. The highest BCUT2D eigenvalue weighted by Crippen LogP contribution is 2.28. The van der Waals surface area contributed by atoms with E-state index < -0.39 is 0 Å². The minimum absolute atomic E-state index is 0.0215. The smallest absolute Gasteiger partial charge is 0.204 e. The summed E-state index contributed by atoms with van der Waals surface area (Å²) in [6.07, 6.45) is 1.82. The second-order valence-electron chi connectivity index (χ2n) is 4.91. The highest BCUT2D eigenvalue weighted by atomic mass is 32.2. The van der Waals surface area contributed by atoms with Crippen LogP contribution in [-0.2, 0) is 11.2 Å². The van der Waals surface area contributed by atoms with Crippen molar-refractivity contribution in [1.82, 2.24) is 9.97 Å². The van der Waals surface area contributed by atoms with Crippen LogP contribution in [0.25, 0.3) is 0 Å². The van der Waals surface area contributed by atoms with Gasteiger partial charge in [-0.3, -0.25) is 0 Å². The molecule has 0 bridgehead atoms. The predicted molar refractivity (Wildman–Crippen MR) is 71.6 cm³/mol. The number of aromatic nitrogens is 2. The summed E-state index contributed by atoms with van der Waals surface area (Å²) in [6.45, 7) is 8.36. The Bertz CT molecular complexity index is 497. The van der Waals surface area contributed by atoms with E-state index in [1.807, 2.05) is 13.1 Å². The second-order valence-corrected chi connectivity index (χ2v) is 6.99. The van der Waals surface area contributed by atoms with Crippen molar-refractivity contribution >= 4 is 23.1 Å². The van der Waals surface area contributed by atoms with Gasteiger partial charge in [-0.1, -0.05) is 32.5 Å². The molecule has 0 aliphatic carbocycles. The quantitative estimate of drug-likeness (QED) is 0.788. The minimum atomic E-state index is 0.0215. The third-order valence-electron chi connectivity index (χ3n) is 2.21. The molecule has 0 aliphatic rings.